The molecule has 27 heavy (non-hydrogen) atoms. The van der Waals surface area contributed by atoms with Gasteiger partial charge in [-0.1, -0.05) is 11.6 Å². The van der Waals surface area contributed by atoms with Gasteiger partial charge in [0.05, 0.1) is 21.1 Å². The van der Waals surface area contributed by atoms with Gasteiger partial charge in [0.25, 0.3) is 17.5 Å². The van der Waals surface area contributed by atoms with Gasteiger partial charge in [-0.3, -0.25) is 25.0 Å². The molecule has 2 aromatic rings. The molecular formula is C16H13ClN4O4S2. The van der Waals surface area contributed by atoms with E-state index in [1.54, 1.807) is 0 Å². The summed E-state index contributed by atoms with van der Waals surface area (Å²) in [6.45, 7) is 0. The van der Waals surface area contributed by atoms with Crippen LogP contribution in [-0.4, -0.2) is 21.9 Å². The minimum atomic E-state index is -0.703. The first-order valence-corrected chi connectivity index (χ1v) is 9.38. The lowest BCUT2D eigenvalue weighted by atomic mass is 10.1. The second-order valence-corrected chi connectivity index (χ2v) is 7.68. The van der Waals surface area contributed by atoms with E-state index < -0.39 is 16.7 Å². The molecule has 8 nitrogen and oxygen atoms in total. The van der Waals surface area contributed by atoms with Crippen molar-refractivity contribution in [3.8, 4) is 0 Å². The van der Waals surface area contributed by atoms with Crippen molar-refractivity contribution in [3.63, 3.8) is 0 Å². The molecule has 0 aliphatic heterocycles. The number of anilines is 1. The molecule has 1 aromatic heterocycles. The number of nitrogens with two attached hydrogens (primary N) is 1. The van der Waals surface area contributed by atoms with Crippen LogP contribution in [0, 0.1) is 10.1 Å². The van der Waals surface area contributed by atoms with Gasteiger partial charge in [-0.25, -0.2) is 0 Å². The van der Waals surface area contributed by atoms with Crippen molar-refractivity contribution in [1.29, 1.82) is 0 Å². The Kier molecular flexibility index (Phi) is 5.40. The van der Waals surface area contributed by atoms with E-state index in [1.807, 2.05) is 0 Å². The van der Waals surface area contributed by atoms with Crippen LogP contribution in [0.5, 0.6) is 0 Å². The number of hydrogen-bond acceptors (Lipinski definition) is 6. The molecule has 1 aliphatic rings. The van der Waals surface area contributed by atoms with Crippen LogP contribution >= 0.6 is 35.2 Å². The second-order valence-electron chi connectivity index (χ2n) is 5.76. The number of halogens is 1. The van der Waals surface area contributed by atoms with Gasteiger partial charge in [-0.2, -0.15) is 0 Å². The Morgan fingerprint density at radius 3 is 2.74 bits per heavy atom. The summed E-state index contributed by atoms with van der Waals surface area (Å²) in [7, 11) is 0. The van der Waals surface area contributed by atoms with E-state index in [0.717, 1.165) is 35.8 Å². The summed E-state index contributed by atoms with van der Waals surface area (Å²) in [5.74, 6) is -1.27. The maximum absolute atomic E-state index is 12.4. The van der Waals surface area contributed by atoms with Crippen molar-refractivity contribution in [1.82, 2.24) is 5.32 Å². The highest BCUT2D eigenvalue weighted by Crippen LogP contribution is 2.38. The van der Waals surface area contributed by atoms with Crippen molar-refractivity contribution in [2.75, 3.05) is 5.32 Å². The number of nitrogens with one attached hydrogen (secondary N) is 2. The zero-order valence-electron chi connectivity index (χ0n) is 13.7. The SMILES string of the molecule is NC(=O)c1c(NC(=S)NC(=O)c2cc([N+](=O)[O-])ccc2Cl)sc2c1CCC2. The molecule has 0 radical (unpaired) electrons. The molecule has 0 saturated carbocycles. The maximum atomic E-state index is 12.4. The highest BCUT2D eigenvalue weighted by Gasteiger charge is 2.26. The zero-order valence-corrected chi connectivity index (χ0v) is 16.1. The third kappa shape index (κ3) is 3.92. The number of carbonyl (C=O) groups is 2. The number of nitro benzene ring substituents is 1. The summed E-state index contributed by atoms with van der Waals surface area (Å²) in [4.78, 5) is 35.5. The number of thiocarbonyl (C=S) groups is 1. The van der Waals surface area contributed by atoms with Gasteiger partial charge in [0.15, 0.2) is 5.11 Å². The molecule has 140 valence electrons. The van der Waals surface area contributed by atoms with E-state index in [-0.39, 0.29) is 21.4 Å². The lowest BCUT2D eigenvalue weighted by Crippen LogP contribution is -2.34. The van der Waals surface area contributed by atoms with Crippen molar-refractivity contribution in [3.05, 3.63) is 54.9 Å². The minimum Gasteiger partial charge on any atom is -0.365 e. The van der Waals surface area contributed by atoms with Gasteiger partial charge < -0.3 is 11.1 Å². The zero-order chi connectivity index (χ0) is 19.7. The molecule has 1 heterocycles. The van der Waals surface area contributed by atoms with Crippen LogP contribution < -0.4 is 16.4 Å². The predicted octanol–water partition coefficient (Wildman–Crippen LogP) is 3.02. The number of thiophene rings is 1. The summed E-state index contributed by atoms with van der Waals surface area (Å²) in [6, 6.07) is 3.52. The highest BCUT2D eigenvalue weighted by atomic mass is 35.5. The first-order valence-electron chi connectivity index (χ1n) is 7.78. The number of fused-ring (bicyclic) bond motifs is 1. The second kappa shape index (κ2) is 7.59. The van der Waals surface area contributed by atoms with Crippen LogP contribution in [0.4, 0.5) is 10.7 Å². The fourth-order valence-electron chi connectivity index (χ4n) is 2.86. The Labute approximate surface area is 167 Å². The standard InChI is InChI=1S/C16H13ClN4O4S2/c17-10-5-4-7(21(24)25)6-9(10)14(23)19-16(26)20-15-12(13(18)22)8-2-1-3-11(8)27-15/h4-6H,1-3H2,(H2,18,22)(H2,19,20,23,26). The Bertz CT molecular complexity index is 989. The molecule has 0 saturated heterocycles. The van der Waals surface area contributed by atoms with Gasteiger partial charge in [-0.15, -0.1) is 11.3 Å². The van der Waals surface area contributed by atoms with Crippen LogP contribution in [0.1, 0.15) is 37.6 Å². The number of rotatable bonds is 4. The third-order valence-electron chi connectivity index (χ3n) is 4.03. The molecule has 11 heteroatoms. The quantitative estimate of drug-likeness (QED) is 0.393. The Morgan fingerprint density at radius 2 is 2.07 bits per heavy atom. The van der Waals surface area contributed by atoms with Crippen molar-refractivity contribution < 1.29 is 14.5 Å². The van der Waals surface area contributed by atoms with Crippen LogP contribution in [0.2, 0.25) is 5.02 Å². The van der Waals surface area contributed by atoms with Crippen LogP contribution in [-0.2, 0) is 12.8 Å². The number of nitro groups is 1. The fraction of sp³-hybridized carbons (Fsp3) is 0.188. The molecule has 4 N–H and O–H groups in total. The van der Waals surface area contributed by atoms with E-state index in [1.165, 1.54) is 23.5 Å². The summed E-state index contributed by atoms with van der Waals surface area (Å²) in [5, 5.41) is 16.6. The summed E-state index contributed by atoms with van der Waals surface area (Å²) in [5.41, 5.74) is 6.44. The molecule has 0 fully saturated rings. The topological polar surface area (TPSA) is 127 Å². The largest absolute Gasteiger partial charge is 0.365 e. The average molecular weight is 425 g/mol. The molecule has 2 amide bonds. The minimum absolute atomic E-state index is 0.0498. The van der Waals surface area contributed by atoms with Crippen molar-refractivity contribution >= 4 is 62.8 Å². The molecule has 0 spiro atoms. The number of hydrogen-bond donors (Lipinski definition) is 3. The summed E-state index contributed by atoms with van der Waals surface area (Å²) >= 11 is 12.4. The lowest BCUT2D eigenvalue weighted by Gasteiger charge is -2.10. The third-order valence-corrected chi connectivity index (χ3v) is 5.77. The van der Waals surface area contributed by atoms with Crippen molar-refractivity contribution in [2.24, 2.45) is 5.73 Å². The number of aryl methyl sites for hydroxylation is 1. The number of nitrogens with zero attached hydrogens (tertiary/aromatic N) is 1. The number of amides is 2. The molecule has 0 bridgehead atoms. The first kappa shape index (κ1) is 19.2. The Morgan fingerprint density at radius 1 is 1.33 bits per heavy atom. The molecule has 0 unspecified atom stereocenters. The number of non-ortho nitro benzene ring substituents is 1. The average Bonchev–Trinajstić information content (AvgIpc) is 3.14. The van der Waals surface area contributed by atoms with E-state index in [4.69, 9.17) is 29.6 Å². The number of benzene rings is 1. The maximum Gasteiger partial charge on any atom is 0.270 e. The van der Waals surface area contributed by atoms with Crippen LogP contribution in [0.25, 0.3) is 0 Å². The predicted molar refractivity (Wildman–Crippen MR) is 107 cm³/mol. The summed E-state index contributed by atoms with van der Waals surface area (Å²) in [6.07, 6.45) is 2.60. The molecule has 1 aromatic carbocycles. The van der Waals surface area contributed by atoms with Gasteiger partial charge in [-0.05, 0) is 43.1 Å². The molecule has 3 rings (SSSR count). The molecular weight excluding hydrogens is 412 g/mol. The van der Waals surface area contributed by atoms with Crippen LogP contribution in [0.3, 0.4) is 0 Å². The van der Waals surface area contributed by atoms with Crippen LogP contribution in [0.15, 0.2) is 18.2 Å². The normalized spacial score (nSPS) is 12.3. The lowest BCUT2D eigenvalue weighted by molar-refractivity contribution is -0.384. The Hall–Kier alpha value is -2.56. The van der Waals surface area contributed by atoms with Gasteiger partial charge >= 0.3 is 0 Å². The van der Waals surface area contributed by atoms with E-state index >= 15 is 0 Å². The van der Waals surface area contributed by atoms with E-state index in [0.29, 0.717) is 10.6 Å². The first-order chi connectivity index (χ1) is 12.8. The molecule has 1 aliphatic carbocycles. The fourth-order valence-corrected chi connectivity index (χ4v) is 4.62. The number of carbonyl (C=O) groups excluding carboxylic acids is 2. The molecule has 0 atom stereocenters. The van der Waals surface area contributed by atoms with Crippen molar-refractivity contribution in [2.45, 2.75) is 19.3 Å². The van der Waals surface area contributed by atoms with Gasteiger partial charge in [0, 0.05) is 17.0 Å². The van der Waals surface area contributed by atoms with E-state index in [9.17, 15) is 19.7 Å². The van der Waals surface area contributed by atoms with Gasteiger partial charge in [0.1, 0.15) is 5.00 Å². The van der Waals surface area contributed by atoms with Gasteiger partial charge in [0.2, 0.25) is 0 Å². The Balaban J connectivity index is 1.77. The van der Waals surface area contributed by atoms with E-state index in [2.05, 4.69) is 10.6 Å². The summed E-state index contributed by atoms with van der Waals surface area (Å²) < 4.78 is 0. The highest BCUT2D eigenvalue weighted by molar-refractivity contribution is 7.80. The number of primary amides is 1. The monoisotopic (exact) mass is 424 g/mol. The smallest absolute Gasteiger partial charge is 0.270 e.